The van der Waals surface area contributed by atoms with Crippen molar-refractivity contribution in [3.8, 4) is 0 Å². The fraction of sp³-hybridized carbons (Fsp3) is 0.333. The third-order valence-corrected chi connectivity index (χ3v) is 2.75. The van der Waals surface area contributed by atoms with Gasteiger partial charge in [-0.25, -0.2) is 0 Å². The number of halogens is 1. The lowest BCUT2D eigenvalue weighted by molar-refractivity contribution is 0.667. The van der Waals surface area contributed by atoms with Crippen LogP contribution < -0.4 is 5.56 Å². The molecule has 0 spiro atoms. The third-order valence-electron chi connectivity index (χ3n) is 2.17. The lowest BCUT2D eigenvalue weighted by Crippen LogP contribution is -2.15. The Balaban J connectivity index is 2.91. The number of aryl methyl sites for hydroxylation is 2. The smallest absolute Gasteiger partial charge is 0.261 e. The minimum Gasteiger partial charge on any atom is -0.317 e. The van der Waals surface area contributed by atoms with Crippen molar-refractivity contribution >= 4 is 26.8 Å². The molecule has 0 aliphatic heterocycles. The minimum atomic E-state index is -0.0112. The molecule has 0 bridgehead atoms. The van der Waals surface area contributed by atoms with E-state index in [0.717, 1.165) is 16.5 Å². The predicted molar refractivity (Wildman–Crippen MR) is 58.3 cm³/mol. The van der Waals surface area contributed by atoms with Crippen molar-refractivity contribution < 1.29 is 0 Å². The highest BCUT2D eigenvalue weighted by Crippen LogP contribution is 2.18. The third kappa shape index (κ3) is 1.28. The van der Waals surface area contributed by atoms with Crippen molar-refractivity contribution in [1.82, 2.24) is 14.3 Å². The van der Waals surface area contributed by atoms with Gasteiger partial charge in [-0.3, -0.25) is 9.48 Å². The number of rotatable bonds is 1. The highest BCUT2D eigenvalue weighted by Gasteiger charge is 2.08. The van der Waals surface area contributed by atoms with E-state index >= 15 is 0 Å². The summed E-state index contributed by atoms with van der Waals surface area (Å²) in [5.74, 6) is 0. The first-order chi connectivity index (χ1) is 6.63. The van der Waals surface area contributed by atoms with Crippen LogP contribution in [0.15, 0.2) is 21.7 Å². The molecule has 0 aliphatic rings. The molecule has 14 heavy (non-hydrogen) atoms. The summed E-state index contributed by atoms with van der Waals surface area (Å²) in [6.07, 6.45) is 3.51. The van der Waals surface area contributed by atoms with Gasteiger partial charge in [0.1, 0.15) is 5.52 Å². The zero-order chi connectivity index (χ0) is 10.3. The number of pyridine rings is 1. The Kier molecular flexibility index (Phi) is 2.19. The molecule has 5 heteroatoms. The second kappa shape index (κ2) is 3.24. The van der Waals surface area contributed by atoms with E-state index in [1.165, 1.54) is 0 Å². The topological polar surface area (TPSA) is 39.8 Å². The quantitative estimate of drug-likeness (QED) is 0.776. The van der Waals surface area contributed by atoms with E-state index in [1.807, 2.05) is 6.92 Å². The Morgan fingerprint density at radius 1 is 1.50 bits per heavy atom. The van der Waals surface area contributed by atoms with Gasteiger partial charge in [-0.1, -0.05) is 0 Å². The summed E-state index contributed by atoms with van der Waals surface area (Å²) in [5, 5.41) is 4.95. The summed E-state index contributed by atoms with van der Waals surface area (Å²) >= 11 is 3.39. The molecule has 2 rings (SSSR count). The molecule has 0 radical (unpaired) electrons. The second-order valence-corrected chi connectivity index (χ2v) is 3.99. The van der Waals surface area contributed by atoms with Crippen LogP contribution in [0, 0.1) is 0 Å². The number of hydrogen-bond donors (Lipinski definition) is 0. The molecule has 0 fully saturated rings. The largest absolute Gasteiger partial charge is 0.317 e. The zero-order valence-electron chi connectivity index (χ0n) is 7.99. The Bertz CT molecular complexity index is 541. The summed E-state index contributed by atoms with van der Waals surface area (Å²) < 4.78 is 4.16. The zero-order valence-corrected chi connectivity index (χ0v) is 9.58. The molecule has 2 aromatic heterocycles. The molecule has 0 aromatic carbocycles. The van der Waals surface area contributed by atoms with Gasteiger partial charge in [0, 0.05) is 26.0 Å². The standard InChI is InChI=1S/C9H10BrN3O/c1-3-13-4-6-8(11-13)7(10)5-12(2)9(6)14/h4-5H,3H2,1-2H3. The van der Waals surface area contributed by atoms with Crippen molar-refractivity contribution in [2.45, 2.75) is 13.5 Å². The molecular weight excluding hydrogens is 246 g/mol. The van der Waals surface area contributed by atoms with Crippen molar-refractivity contribution in [1.29, 1.82) is 0 Å². The first kappa shape index (κ1) is 9.45. The van der Waals surface area contributed by atoms with E-state index in [9.17, 15) is 4.79 Å². The normalized spacial score (nSPS) is 11.1. The SMILES string of the molecule is CCn1cc2c(=O)n(C)cc(Br)c2n1. The monoisotopic (exact) mass is 255 g/mol. The summed E-state index contributed by atoms with van der Waals surface area (Å²) in [6, 6.07) is 0. The van der Waals surface area contributed by atoms with Gasteiger partial charge >= 0.3 is 0 Å². The van der Waals surface area contributed by atoms with E-state index in [2.05, 4.69) is 21.0 Å². The fourth-order valence-electron chi connectivity index (χ4n) is 1.40. The van der Waals surface area contributed by atoms with E-state index in [0.29, 0.717) is 5.39 Å². The summed E-state index contributed by atoms with van der Waals surface area (Å²) in [5.41, 5.74) is 0.720. The van der Waals surface area contributed by atoms with Gasteiger partial charge < -0.3 is 4.57 Å². The van der Waals surface area contributed by atoms with E-state index < -0.39 is 0 Å². The van der Waals surface area contributed by atoms with E-state index in [4.69, 9.17) is 0 Å². The van der Waals surface area contributed by atoms with Crippen LogP contribution in [0.4, 0.5) is 0 Å². The molecule has 0 amide bonds. The highest BCUT2D eigenvalue weighted by atomic mass is 79.9. The van der Waals surface area contributed by atoms with Gasteiger partial charge in [0.05, 0.1) is 9.86 Å². The Morgan fingerprint density at radius 2 is 2.21 bits per heavy atom. The Hall–Kier alpha value is -1.10. The predicted octanol–water partition coefficient (Wildman–Crippen LogP) is 1.52. The van der Waals surface area contributed by atoms with Crippen LogP contribution in [0.1, 0.15) is 6.92 Å². The molecular formula is C9H10BrN3O. The van der Waals surface area contributed by atoms with Gasteiger partial charge in [-0.05, 0) is 22.9 Å². The molecule has 2 aromatic rings. The van der Waals surface area contributed by atoms with Gasteiger partial charge in [-0.2, -0.15) is 5.10 Å². The molecule has 2 heterocycles. The number of fused-ring (bicyclic) bond motifs is 1. The fourth-order valence-corrected chi connectivity index (χ4v) is 2.00. The van der Waals surface area contributed by atoms with Crippen LogP contribution in [0.5, 0.6) is 0 Å². The maximum Gasteiger partial charge on any atom is 0.261 e. The minimum absolute atomic E-state index is 0.0112. The van der Waals surface area contributed by atoms with Crippen LogP contribution in [0.25, 0.3) is 10.9 Å². The lowest BCUT2D eigenvalue weighted by Gasteiger charge is -1.97. The van der Waals surface area contributed by atoms with Crippen LogP contribution in [-0.4, -0.2) is 14.3 Å². The number of aromatic nitrogens is 3. The summed E-state index contributed by atoms with van der Waals surface area (Å²) in [7, 11) is 1.73. The van der Waals surface area contributed by atoms with Crippen LogP contribution in [0.3, 0.4) is 0 Å². The molecule has 0 saturated heterocycles. The van der Waals surface area contributed by atoms with Crippen molar-refractivity contribution in [2.75, 3.05) is 0 Å². The maximum atomic E-state index is 11.7. The first-order valence-electron chi connectivity index (χ1n) is 4.35. The van der Waals surface area contributed by atoms with E-state index in [1.54, 1.807) is 28.7 Å². The second-order valence-electron chi connectivity index (χ2n) is 3.14. The molecule has 0 N–H and O–H groups in total. The molecule has 0 unspecified atom stereocenters. The van der Waals surface area contributed by atoms with Crippen molar-refractivity contribution in [2.24, 2.45) is 7.05 Å². The van der Waals surface area contributed by atoms with Gasteiger partial charge in [0.15, 0.2) is 0 Å². The average molecular weight is 256 g/mol. The maximum absolute atomic E-state index is 11.7. The van der Waals surface area contributed by atoms with Gasteiger partial charge in [0.25, 0.3) is 5.56 Å². The summed E-state index contributed by atoms with van der Waals surface area (Å²) in [6.45, 7) is 2.76. The van der Waals surface area contributed by atoms with Gasteiger partial charge in [-0.15, -0.1) is 0 Å². The molecule has 74 valence electrons. The van der Waals surface area contributed by atoms with Crippen LogP contribution >= 0.6 is 15.9 Å². The molecule has 0 aliphatic carbocycles. The Morgan fingerprint density at radius 3 is 2.86 bits per heavy atom. The molecule has 0 saturated carbocycles. The average Bonchev–Trinajstić information content (AvgIpc) is 2.58. The molecule has 0 atom stereocenters. The lowest BCUT2D eigenvalue weighted by atomic mass is 10.3. The molecule has 4 nitrogen and oxygen atoms in total. The van der Waals surface area contributed by atoms with Crippen molar-refractivity contribution in [3.05, 3.63) is 27.2 Å². The number of nitrogens with zero attached hydrogens (tertiary/aromatic N) is 3. The first-order valence-corrected chi connectivity index (χ1v) is 5.15. The number of hydrogen-bond acceptors (Lipinski definition) is 2. The highest BCUT2D eigenvalue weighted by molar-refractivity contribution is 9.10. The van der Waals surface area contributed by atoms with Gasteiger partial charge in [0.2, 0.25) is 0 Å². The van der Waals surface area contributed by atoms with Crippen molar-refractivity contribution in [3.63, 3.8) is 0 Å². The van der Waals surface area contributed by atoms with E-state index in [-0.39, 0.29) is 5.56 Å². The van der Waals surface area contributed by atoms with Crippen LogP contribution in [-0.2, 0) is 13.6 Å². The summed E-state index contributed by atoms with van der Waals surface area (Å²) in [4.78, 5) is 11.7. The Labute approximate surface area is 89.3 Å². The van der Waals surface area contributed by atoms with Crippen LogP contribution in [0.2, 0.25) is 0 Å².